The quantitative estimate of drug-likeness (QED) is 0.777. The van der Waals surface area contributed by atoms with Gasteiger partial charge in [0.1, 0.15) is 0 Å². The first-order chi connectivity index (χ1) is 10.2. The standard InChI is InChI=1S/C15H14N4OS/c1-10-18-14(9-21-10)6-15(20)19-13-4-2-3-11(5-13)12-7-16-17-8-12/h2-5,7-9H,6H2,1H3,(H,16,17)(H,19,20). The number of benzene rings is 1. The van der Waals surface area contributed by atoms with Crippen LogP contribution in [0.3, 0.4) is 0 Å². The molecule has 0 saturated heterocycles. The zero-order valence-corrected chi connectivity index (χ0v) is 12.3. The molecule has 106 valence electrons. The number of thiazole rings is 1. The molecule has 3 aromatic rings. The van der Waals surface area contributed by atoms with E-state index in [2.05, 4.69) is 20.5 Å². The molecule has 2 heterocycles. The number of nitrogens with one attached hydrogen (secondary N) is 2. The van der Waals surface area contributed by atoms with Crippen molar-refractivity contribution in [3.8, 4) is 11.1 Å². The summed E-state index contributed by atoms with van der Waals surface area (Å²) in [6.07, 6.45) is 3.86. The summed E-state index contributed by atoms with van der Waals surface area (Å²) < 4.78 is 0. The molecule has 0 fully saturated rings. The summed E-state index contributed by atoms with van der Waals surface area (Å²) in [6, 6.07) is 7.68. The number of rotatable bonds is 4. The Labute approximate surface area is 126 Å². The lowest BCUT2D eigenvalue weighted by Crippen LogP contribution is -2.14. The van der Waals surface area contributed by atoms with Crippen molar-refractivity contribution in [3.05, 3.63) is 52.7 Å². The number of carbonyl (C=O) groups is 1. The van der Waals surface area contributed by atoms with Crippen LogP contribution in [-0.4, -0.2) is 21.1 Å². The molecule has 1 amide bonds. The molecule has 0 radical (unpaired) electrons. The van der Waals surface area contributed by atoms with Gasteiger partial charge in [-0.15, -0.1) is 11.3 Å². The molecule has 0 atom stereocenters. The number of anilines is 1. The van der Waals surface area contributed by atoms with Gasteiger partial charge in [-0.2, -0.15) is 5.10 Å². The Bertz CT molecular complexity index is 749. The van der Waals surface area contributed by atoms with E-state index in [9.17, 15) is 4.79 Å². The van der Waals surface area contributed by atoms with Gasteiger partial charge in [0, 0.05) is 22.8 Å². The zero-order chi connectivity index (χ0) is 14.7. The number of aromatic nitrogens is 3. The van der Waals surface area contributed by atoms with Crippen LogP contribution in [-0.2, 0) is 11.2 Å². The van der Waals surface area contributed by atoms with E-state index in [0.29, 0.717) is 6.42 Å². The number of hydrogen-bond donors (Lipinski definition) is 2. The minimum atomic E-state index is -0.0651. The van der Waals surface area contributed by atoms with E-state index in [1.54, 1.807) is 17.5 Å². The highest BCUT2D eigenvalue weighted by Gasteiger charge is 2.07. The molecule has 1 aromatic carbocycles. The van der Waals surface area contributed by atoms with Crippen molar-refractivity contribution in [2.24, 2.45) is 0 Å². The normalized spacial score (nSPS) is 10.5. The Balaban J connectivity index is 1.70. The van der Waals surface area contributed by atoms with Crippen molar-refractivity contribution in [1.82, 2.24) is 15.2 Å². The SMILES string of the molecule is Cc1nc(CC(=O)Nc2cccc(-c3cn[nH]c3)c2)cs1. The van der Waals surface area contributed by atoms with Gasteiger partial charge >= 0.3 is 0 Å². The summed E-state index contributed by atoms with van der Waals surface area (Å²) >= 11 is 1.55. The molecule has 5 nitrogen and oxygen atoms in total. The molecule has 6 heteroatoms. The van der Waals surface area contributed by atoms with Crippen LogP contribution in [0.1, 0.15) is 10.7 Å². The van der Waals surface area contributed by atoms with Crippen LogP contribution in [0.25, 0.3) is 11.1 Å². The van der Waals surface area contributed by atoms with E-state index in [4.69, 9.17) is 0 Å². The maximum absolute atomic E-state index is 12.0. The van der Waals surface area contributed by atoms with Gasteiger partial charge in [-0.3, -0.25) is 9.89 Å². The third-order valence-corrected chi connectivity index (χ3v) is 3.81. The molecule has 2 N–H and O–H groups in total. The van der Waals surface area contributed by atoms with E-state index in [1.807, 2.05) is 42.8 Å². The molecule has 0 aliphatic rings. The summed E-state index contributed by atoms with van der Waals surface area (Å²) in [7, 11) is 0. The van der Waals surface area contributed by atoms with Crippen molar-refractivity contribution < 1.29 is 4.79 Å². The molecule has 0 spiro atoms. The first kappa shape index (κ1) is 13.5. The molecule has 21 heavy (non-hydrogen) atoms. The predicted molar refractivity (Wildman–Crippen MR) is 83.2 cm³/mol. The van der Waals surface area contributed by atoms with Crippen molar-refractivity contribution in [2.75, 3.05) is 5.32 Å². The predicted octanol–water partition coefficient (Wildman–Crippen LogP) is 3.02. The third kappa shape index (κ3) is 3.35. The minimum absolute atomic E-state index is 0.0651. The highest BCUT2D eigenvalue weighted by molar-refractivity contribution is 7.09. The second kappa shape index (κ2) is 5.88. The lowest BCUT2D eigenvalue weighted by atomic mass is 10.1. The van der Waals surface area contributed by atoms with Gasteiger partial charge in [0.2, 0.25) is 5.91 Å². The molecule has 0 aliphatic heterocycles. The fourth-order valence-corrected chi connectivity index (χ4v) is 2.66. The fourth-order valence-electron chi connectivity index (χ4n) is 2.04. The molecule has 0 aliphatic carbocycles. The Morgan fingerprint density at radius 1 is 1.38 bits per heavy atom. The first-order valence-corrected chi connectivity index (χ1v) is 7.39. The zero-order valence-electron chi connectivity index (χ0n) is 11.5. The molecular weight excluding hydrogens is 284 g/mol. The molecular formula is C15H14N4OS. The van der Waals surface area contributed by atoms with Crippen LogP contribution >= 0.6 is 11.3 Å². The number of aromatic amines is 1. The molecule has 3 rings (SSSR count). The Kier molecular flexibility index (Phi) is 3.79. The van der Waals surface area contributed by atoms with Gasteiger partial charge in [0.15, 0.2) is 0 Å². The summed E-state index contributed by atoms with van der Waals surface area (Å²) in [5.41, 5.74) is 3.57. The highest BCUT2D eigenvalue weighted by Crippen LogP contribution is 2.21. The number of aryl methyl sites for hydroxylation is 1. The summed E-state index contributed by atoms with van der Waals surface area (Å²) in [5.74, 6) is -0.0651. The number of hydrogen-bond acceptors (Lipinski definition) is 4. The minimum Gasteiger partial charge on any atom is -0.326 e. The van der Waals surface area contributed by atoms with Crippen LogP contribution in [0.2, 0.25) is 0 Å². The number of H-pyrrole nitrogens is 1. The van der Waals surface area contributed by atoms with E-state index in [-0.39, 0.29) is 5.91 Å². The summed E-state index contributed by atoms with van der Waals surface area (Å²) in [6.45, 7) is 1.93. The van der Waals surface area contributed by atoms with E-state index >= 15 is 0 Å². The number of amides is 1. The van der Waals surface area contributed by atoms with Crippen molar-refractivity contribution >= 4 is 22.9 Å². The van der Waals surface area contributed by atoms with Crippen molar-refractivity contribution in [1.29, 1.82) is 0 Å². The molecule has 0 saturated carbocycles. The highest BCUT2D eigenvalue weighted by atomic mass is 32.1. The van der Waals surface area contributed by atoms with Gasteiger partial charge in [-0.25, -0.2) is 4.98 Å². The smallest absolute Gasteiger partial charge is 0.230 e. The van der Waals surface area contributed by atoms with Gasteiger partial charge in [-0.05, 0) is 24.6 Å². The topological polar surface area (TPSA) is 70.7 Å². The van der Waals surface area contributed by atoms with Gasteiger partial charge in [-0.1, -0.05) is 12.1 Å². The van der Waals surface area contributed by atoms with Crippen molar-refractivity contribution in [3.63, 3.8) is 0 Å². The monoisotopic (exact) mass is 298 g/mol. The van der Waals surface area contributed by atoms with Crippen molar-refractivity contribution in [2.45, 2.75) is 13.3 Å². The van der Waals surface area contributed by atoms with E-state index in [1.165, 1.54) is 0 Å². The maximum Gasteiger partial charge on any atom is 0.230 e. The number of nitrogens with zero attached hydrogens (tertiary/aromatic N) is 2. The van der Waals surface area contributed by atoms with Crippen LogP contribution < -0.4 is 5.32 Å². The summed E-state index contributed by atoms with van der Waals surface area (Å²) in [4.78, 5) is 16.3. The second-order valence-corrected chi connectivity index (χ2v) is 5.71. The lowest BCUT2D eigenvalue weighted by Gasteiger charge is -2.06. The number of carbonyl (C=O) groups excluding carboxylic acids is 1. The van der Waals surface area contributed by atoms with Crippen LogP contribution in [0, 0.1) is 6.92 Å². The Morgan fingerprint density at radius 2 is 2.29 bits per heavy atom. The summed E-state index contributed by atoms with van der Waals surface area (Å²) in [5, 5.41) is 12.5. The van der Waals surface area contributed by atoms with Crippen LogP contribution in [0.4, 0.5) is 5.69 Å². The average Bonchev–Trinajstić information content (AvgIpc) is 3.11. The molecule has 0 unspecified atom stereocenters. The average molecular weight is 298 g/mol. The molecule has 0 bridgehead atoms. The van der Waals surface area contributed by atoms with Crippen LogP contribution in [0.5, 0.6) is 0 Å². The van der Waals surface area contributed by atoms with E-state index in [0.717, 1.165) is 27.5 Å². The first-order valence-electron chi connectivity index (χ1n) is 6.51. The Morgan fingerprint density at radius 3 is 3.00 bits per heavy atom. The van der Waals surface area contributed by atoms with Gasteiger partial charge < -0.3 is 5.32 Å². The Hall–Kier alpha value is -2.47. The second-order valence-electron chi connectivity index (χ2n) is 4.65. The lowest BCUT2D eigenvalue weighted by molar-refractivity contribution is -0.115. The van der Waals surface area contributed by atoms with Crippen LogP contribution in [0.15, 0.2) is 42.0 Å². The third-order valence-electron chi connectivity index (χ3n) is 2.99. The fraction of sp³-hybridized carbons (Fsp3) is 0.133. The largest absolute Gasteiger partial charge is 0.326 e. The maximum atomic E-state index is 12.0. The van der Waals surface area contributed by atoms with Gasteiger partial charge in [0.05, 0.1) is 23.3 Å². The van der Waals surface area contributed by atoms with Gasteiger partial charge in [0.25, 0.3) is 0 Å². The molecule has 2 aromatic heterocycles. The van der Waals surface area contributed by atoms with E-state index < -0.39 is 0 Å².